The number of nitrogens with one attached hydrogen (secondary N) is 1. The Morgan fingerprint density at radius 3 is 1.92 bits per heavy atom. The zero-order valence-electron chi connectivity index (χ0n) is 16.5. The fraction of sp³-hybridized carbons (Fsp3) is 0.682. The molecule has 1 aromatic rings. The van der Waals surface area contributed by atoms with Gasteiger partial charge in [0, 0.05) is 5.69 Å². The van der Waals surface area contributed by atoms with E-state index in [1.807, 2.05) is 12.1 Å². The number of anilines is 1. The summed E-state index contributed by atoms with van der Waals surface area (Å²) in [6, 6.07) is 6.17. The molecule has 0 aromatic heterocycles. The maximum atomic E-state index is 12.0. The van der Waals surface area contributed by atoms with Crippen molar-refractivity contribution in [1.82, 2.24) is 0 Å². The van der Waals surface area contributed by atoms with Gasteiger partial charge in [0.1, 0.15) is 0 Å². The number of carbonyl (C=O) groups excluding carboxylic acids is 1. The van der Waals surface area contributed by atoms with Gasteiger partial charge in [0.05, 0.1) is 5.75 Å². The van der Waals surface area contributed by atoms with E-state index in [9.17, 15) is 4.79 Å². The van der Waals surface area contributed by atoms with Gasteiger partial charge in [-0.15, -0.1) is 0 Å². The van der Waals surface area contributed by atoms with Crippen molar-refractivity contribution in [2.75, 3.05) is 16.8 Å². The van der Waals surface area contributed by atoms with Crippen molar-refractivity contribution in [1.29, 1.82) is 0 Å². The van der Waals surface area contributed by atoms with Crippen LogP contribution in [-0.2, 0) is 4.79 Å². The summed E-state index contributed by atoms with van der Waals surface area (Å²) in [7, 11) is 0. The molecule has 0 saturated heterocycles. The van der Waals surface area contributed by atoms with Gasteiger partial charge in [0.25, 0.3) is 0 Å². The van der Waals surface area contributed by atoms with Crippen LogP contribution in [0.15, 0.2) is 18.2 Å². The molecule has 2 nitrogen and oxygen atoms in total. The standard InChI is InChI=1S/C22H37NOS/c1-4-5-6-7-8-9-10-11-12-13-14-25-18-22(24)23-21-16-19(2)15-20(3)17-21/h15-17H,4-14,18H2,1-3H3,(H,23,24). The van der Waals surface area contributed by atoms with Crippen LogP contribution < -0.4 is 5.32 Å². The first-order chi connectivity index (χ1) is 12.1. The topological polar surface area (TPSA) is 29.1 Å². The minimum atomic E-state index is 0.113. The fourth-order valence-electron chi connectivity index (χ4n) is 3.10. The molecule has 0 heterocycles. The molecule has 0 atom stereocenters. The van der Waals surface area contributed by atoms with Crippen LogP contribution in [-0.4, -0.2) is 17.4 Å². The summed E-state index contributed by atoms with van der Waals surface area (Å²) >= 11 is 1.75. The van der Waals surface area contributed by atoms with Gasteiger partial charge in [-0.1, -0.05) is 70.8 Å². The molecule has 1 N–H and O–H groups in total. The lowest BCUT2D eigenvalue weighted by Gasteiger charge is -2.07. The maximum Gasteiger partial charge on any atom is 0.234 e. The van der Waals surface area contributed by atoms with Gasteiger partial charge < -0.3 is 5.32 Å². The summed E-state index contributed by atoms with van der Waals surface area (Å²) in [4.78, 5) is 12.0. The normalized spacial score (nSPS) is 10.8. The second-order valence-electron chi connectivity index (χ2n) is 7.16. The Morgan fingerprint density at radius 1 is 0.840 bits per heavy atom. The average Bonchev–Trinajstić information content (AvgIpc) is 2.55. The molecule has 0 radical (unpaired) electrons. The number of thioether (sulfide) groups is 1. The lowest BCUT2D eigenvalue weighted by atomic mass is 10.1. The summed E-state index contributed by atoms with van der Waals surface area (Å²) < 4.78 is 0. The zero-order valence-corrected chi connectivity index (χ0v) is 17.4. The van der Waals surface area contributed by atoms with E-state index in [0.29, 0.717) is 5.75 Å². The third-order valence-electron chi connectivity index (χ3n) is 4.38. The van der Waals surface area contributed by atoms with E-state index in [1.54, 1.807) is 11.8 Å². The molecular weight excluding hydrogens is 326 g/mol. The highest BCUT2D eigenvalue weighted by molar-refractivity contribution is 7.99. The monoisotopic (exact) mass is 363 g/mol. The Labute approximate surface area is 159 Å². The molecule has 0 aliphatic carbocycles. The molecule has 142 valence electrons. The first-order valence-corrected chi connectivity index (χ1v) is 11.2. The van der Waals surface area contributed by atoms with Crippen LogP contribution >= 0.6 is 11.8 Å². The van der Waals surface area contributed by atoms with Crippen molar-refractivity contribution >= 4 is 23.4 Å². The molecule has 3 heteroatoms. The van der Waals surface area contributed by atoms with Crippen molar-refractivity contribution in [2.24, 2.45) is 0 Å². The zero-order chi connectivity index (χ0) is 18.3. The second-order valence-corrected chi connectivity index (χ2v) is 8.26. The summed E-state index contributed by atoms with van der Waals surface area (Å²) in [5.74, 6) is 1.77. The smallest absolute Gasteiger partial charge is 0.234 e. The van der Waals surface area contributed by atoms with Gasteiger partial charge in [0.15, 0.2) is 0 Å². The largest absolute Gasteiger partial charge is 0.325 e. The van der Waals surface area contributed by atoms with Crippen LogP contribution in [0.25, 0.3) is 0 Å². The van der Waals surface area contributed by atoms with Crippen LogP contribution in [0.1, 0.15) is 82.3 Å². The number of carbonyl (C=O) groups is 1. The number of unbranched alkanes of at least 4 members (excludes halogenated alkanes) is 9. The molecule has 1 rings (SSSR count). The molecule has 25 heavy (non-hydrogen) atoms. The van der Waals surface area contributed by atoms with Crippen molar-refractivity contribution in [2.45, 2.75) is 85.0 Å². The number of hydrogen-bond acceptors (Lipinski definition) is 2. The first kappa shape index (κ1) is 22.1. The summed E-state index contributed by atoms with van der Waals surface area (Å²) in [5, 5.41) is 3.00. The van der Waals surface area contributed by atoms with E-state index in [0.717, 1.165) is 11.4 Å². The van der Waals surface area contributed by atoms with Gasteiger partial charge in [-0.3, -0.25) is 4.79 Å². The molecule has 0 saturated carbocycles. The van der Waals surface area contributed by atoms with Crippen LogP contribution in [0, 0.1) is 13.8 Å². The van der Waals surface area contributed by atoms with Crippen molar-refractivity contribution in [3.05, 3.63) is 29.3 Å². The Balaban J connectivity index is 1.94. The number of amides is 1. The van der Waals surface area contributed by atoms with E-state index < -0.39 is 0 Å². The van der Waals surface area contributed by atoms with E-state index >= 15 is 0 Å². The van der Waals surface area contributed by atoms with Crippen LogP contribution in [0.4, 0.5) is 5.69 Å². The van der Waals surface area contributed by atoms with E-state index in [1.165, 1.54) is 75.3 Å². The average molecular weight is 364 g/mol. The lowest BCUT2D eigenvalue weighted by Crippen LogP contribution is -2.14. The third-order valence-corrected chi connectivity index (χ3v) is 5.42. The molecule has 0 bridgehead atoms. The molecule has 0 unspecified atom stereocenters. The molecule has 1 aromatic carbocycles. The van der Waals surface area contributed by atoms with Crippen LogP contribution in [0.5, 0.6) is 0 Å². The Morgan fingerprint density at radius 2 is 1.36 bits per heavy atom. The van der Waals surface area contributed by atoms with Gasteiger partial charge in [0.2, 0.25) is 5.91 Å². The third kappa shape index (κ3) is 12.1. The highest BCUT2D eigenvalue weighted by atomic mass is 32.2. The van der Waals surface area contributed by atoms with Crippen molar-refractivity contribution in [3.8, 4) is 0 Å². The van der Waals surface area contributed by atoms with E-state index in [-0.39, 0.29) is 5.91 Å². The fourth-order valence-corrected chi connectivity index (χ4v) is 3.91. The molecule has 0 aliphatic rings. The van der Waals surface area contributed by atoms with E-state index in [4.69, 9.17) is 0 Å². The van der Waals surface area contributed by atoms with Gasteiger partial charge >= 0.3 is 0 Å². The molecule has 0 aliphatic heterocycles. The summed E-state index contributed by atoms with van der Waals surface area (Å²) in [6.07, 6.45) is 13.6. The number of hydrogen-bond donors (Lipinski definition) is 1. The Bertz CT molecular complexity index is 467. The van der Waals surface area contributed by atoms with Crippen LogP contribution in [0.2, 0.25) is 0 Å². The predicted octanol–water partition coefficient (Wildman–Crippen LogP) is 6.90. The second kappa shape index (κ2) is 14.2. The molecule has 0 spiro atoms. The SMILES string of the molecule is CCCCCCCCCCCCSCC(=O)Nc1cc(C)cc(C)c1. The molecular formula is C22H37NOS. The number of aryl methyl sites for hydroxylation is 2. The first-order valence-electron chi connectivity index (χ1n) is 10.1. The Kier molecular flexibility index (Phi) is 12.6. The molecule has 0 fully saturated rings. The predicted molar refractivity (Wildman–Crippen MR) is 114 cm³/mol. The van der Waals surface area contributed by atoms with Crippen LogP contribution in [0.3, 0.4) is 0 Å². The van der Waals surface area contributed by atoms with E-state index in [2.05, 4.69) is 32.2 Å². The highest BCUT2D eigenvalue weighted by Crippen LogP contribution is 2.15. The summed E-state index contributed by atoms with van der Waals surface area (Å²) in [6.45, 7) is 6.39. The summed E-state index contributed by atoms with van der Waals surface area (Å²) in [5.41, 5.74) is 3.30. The van der Waals surface area contributed by atoms with Crippen molar-refractivity contribution < 1.29 is 4.79 Å². The number of rotatable bonds is 14. The number of benzene rings is 1. The molecule has 1 amide bonds. The van der Waals surface area contributed by atoms with Gasteiger partial charge in [-0.2, -0.15) is 11.8 Å². The van der Waals surface area contributed by atoms with Gasteiger partial charge in [-0.05, 0) is 49.3 Å². The Hall–Kier alpha value is -0.960. The quantitative estimate of drug-likeness (QED) is 0.364. The minimum Gasteiger partial charge on any atom is -0.325 e. The van der Waals surface area contributed by atoms with Gasteiger partial charge in [-0.25, -0.2) is 0 Å². The highest BCUT2D eigenvalue weighted by Gasteiger charge is 2.03. The maximum absolute atomic E-state index is 12.0. The van der Waals surface area contributed by atoms with Crippen molar-refractivity contribution in [3.63, 3.8) is 0 Å². The minimum absolute atomic E-state index is 0.113. The lowest BCUT2D eigenvalue weighted by molar-refractivity contribution is -0.113.